The first-order valence-corrected chi connectivity index (χ1v) is 3.94. The van der Waals surface area contributed by atoms with Crippen molar-refractivity contribution in [1.82, 2.24) is 0 Å². The first-order valence-electron chi connectivity index (χ1n) is 3.47. The van der Waals surface area contributed by atoms with Gasteiger partial charge in [-0.1, -0.05) is 39.5 Å². The van der Waals surface area contributed by atoms with Crippen molar-refractivity contribution < 1.29 is 4.57 Å². The lowest BCUT2D eigenvalue weighted by Gasteiger charge is -1.96. The number of rotatable bonds is 0. The fourth-order valence-electron chi connectivity index (χ4n) is 1.20. The molecule has 0 N–H and O–H groups in total. The zero-order chi connectivity index (χ0) is 8.85. The summed E-state index contributed by atoms with van der Waals surface area (Å²) in [4.78, 5) is 0. The molecule has 2 heteroatoms. The topological polar surface area (TPSA) is 17.1 Å². The zero-order valence-electron chi connectivity index (χ0n) is 7.22. The van der Waals surface area contributed by atoms with Crippen molar-refractivity contribution in [2.45, 2.75) is 20.8 Å². The summed E-state index contributed by atoms with van der Waals surface area (Å²) >= 11 is 0. The Morgan fingerprint density at radius 3 is 1.18 bits per heavy atom. The van der Waals surface area contributed by atoms with Crippen molar-refractivity contribution in [3.05, 3.63) is 34.9 Å². The molecule has 0 fully saturated rings. The summed E-state index contributed by atoms with van der Waals surface area (Å²) in [6.07, 6.45) is 0. The number of aryl methyl sites for hydroxylation is 3. The molecule has 60 valence electrons. The highest BCUT2D eigenvalue weighted by molar-refractivity contribution is 7.00. The Bertz CT molecular complexity index is 183. The van der Waals surface area contributed by atoms with Crippen LogP contribution in [0, 0.1) is 20.8 Å². The third kappa shape index (κ3) is 3.90. The molecule has 0 aliphatic rings. The van der Waals surface area contributed by atoms with E-state index >= 15 is 0 Å². The van der Waals surface area contributed by atoms with E-state index in [1.54, 1.807) is 0 Å². The normalized spacial score (nSPS) is 8.27. The van der Waals surface area contributed by atoms with Crippen molar-refractivity contribution in [3.8, 4) is 0 Å². The van der Waals surface area contributed by atoms with Crippen LogP contribution in [0.3, 0.4) is 0 Å². The predicted octanol–water partition coefficient (Wildman–Crippen LogP) is 2.82. The van der Waals surface area contributed by atoms with Crippen LogP contribution < -0.4 is 0 Å². The van der Waals surface area contributed by atoms with E-state index in [1.165, 1.54) is 25.8 Å². The first kappa shape index (κ1) is 10.3. The highest BCUT2D eigenvalue weighted by Gasteiger charge is 1.87. The molecule has 0 amide bonds. The van der Waals surface area contributed by atoms with Gasteiger partial charge in [-0.15, -0.1) is 0 Å². The Balaban J connectivity index is 0.000000461. The second-order valence-corrected chi connectivity index (χ2v) is 2.67. The molecule has 1 unspecified atom stereocenters. The molecule has 0 aliphatic carbocycles. The summed E-state index contributed by atoms with van der Waals surface area (Å²) in [7, 11) is 1.17. The Kier molecular flexibility index (Phi) is 4.72. The fraction of sp³-hybridized carbons (Fsp3) is 0.333. The average molecular weight is 169 g/mol. The molecule has 1 aromatic carbocycles. The lowest BCUT2D eigenvalue weighted by molar-refractivity contribution is 0.607. The van der Waals surface area contributed by atoms with E-state index in [-0.39, 0.29) is 0 Å². The first-order chi connectivity index (χ1) is 5.18. The van der Waals surface area contributed by atoms with Gasteiger partial charge in [-0.3, -0.25) is 0 Å². The number of hydrogen-bond donors (Lipinski definition) is 0. The SMILES string of the molecule is Cc1cc(C)cc(C)c1.O=[PH2+]. The molecule has 1 aromatic rings. The van der Waals surface area contributed by atoms with Crippen molar-refractivity contribution in [1.29, 1.82) is 0 Å². The van der Waals surface area contributed by atoms with Gasteiger partial charge in [0.15, 0.2) is 0 Å². The molecule has 0 aliphatic heterocycles. The molecule has 1 atom stereocenters. The van der Waals surface area contributed by atoms with E-state index in [0.29, 0.717) is 0 Å². The molecule has 0 spiro atoms. The van der Waals surface area contributed by atoms with Crippen LogP contribution in [-0.2, 0) is 4.57 Å². The molecule has 11 heavy (non-hydrogen) atoms. The average Bonchev–Trinajstić information content (AvgIpc) is 1.88. The van der Waals surface area contributed by atoms with Crippen molar-refractivity contribution in [2.24, 2.45) is 0 Å². The minimum absolute atomic E-state index is 1.17. The van der Waals surface area contributed by atoms with Gasteiger partial charge in [-0.2, -0.15) is 0 Å². The second kappa shape index (κ2) is 5.03. The fourth-order valence-corrected chi connectivity index (χ4v) is 1.20. The Morgan fingerprint density at radius 1 is 0.818 bits per heavy atom. The molecule has 0 aromatic heterocycles. The van der Waals surface area contributed by atoms with E-state index in [0.717, 1.165) is 0 Å². The molecule has 0 saturated heterocycles. The molecule has 0 saturated carbocycles. The van der Waals surface area contributed by atoms with E-state index in [1.807, 2.05) is 0 Å². The number of benzene rings is 1. The van der Waals surface area contributed by atoms with Crippen LogP contribution in [0.1, 0.15) is 16.7 Å². The molecule has 0 heterocycles. The lowest BCUT2D eigenvalue weighted by Crippen LogP contribution is -1.78. The van der Waals surface area contributed by atoms with E-state index in [9.17, 15) is 0 Å². The monoisotopic (exact) mass is 169 g/mol. The maximum absolute atomic E-state index is 8.17. The summed E-state index contributed by atoms with van der Waals surface area (Å²) in [6, 6.07) is 6.56. The summed E-state index contributed by atoms with van der Waals surface area (Å²) < 4.78 is 8.17. The maximum Gasteiger partial charge on any atom is 0.310 e. The van der Waals surface area contributed by atoms with Gasteiger partial charge in [0.05, 0.1) is 0 Å². The minimum Gasteiger partial charge on any atom is -0.0801 e. The van der Waals surface area contributed by atoms with Crippen LogP contribution in [0.4, 0.5) is 0 Å². The van der Waals surface area contributed by atoms with Gasteiger partial charge in [0.25, 0.3) is 0 Å². The molecule has 0 radical (unpaired) electrons. The Labute approximate surface area is 70.1 Å². The van der Waals surface area contributed by atoms with Crippen molar-refractivity contribution in [3.63, 3.8) is 0 Å². The van der Waals surface area contributed by atoms with E-state index < -0.39 is 0 Å². The van der Waals surface area contributed by atoms with Gasteiger partial charge in [-0.25, -0.2) is 0 Å². The van der Waals surface area contributed by atoms with Crippen LogP contribution in [-0.4, -0.2) is 0 Å². The maximum atomic E-state index is 8.17. The van der Waals surface area contributed by atoms with Crippen LogP contribution in [0.5, 0.6) is 0 Å². The van der Waals surface area contributed by atoms with Gasteiger partial charge in [0.1, 0.15) is 0 Å². The van der Waals surface area contributed by atoms with Gasteiger partial charge < -0.3 is 0 Å². The number of hydrogen-bond acceptors (Lipinski definition) is 1. The minimum atomic E-state index is 1.17. The smallest absolute Gasteiger partial charge is 0.0801 e. The molecular formula is C9H14OP+. The summed E-state index contributed by atoms with van der Waals surface area (Å²) in [5.74, 6) is 0. The summed E-state index contributed by atoms with van der Waals surface area (Å²) in [5.41, 5.74) is 4.06. The lowest BCUT2D eigenvalue weighted by atomic mass is 10.1. The predicted molar refractivity (Wildman–Crippen MR) is 51.0 cm³/mol. The van der Waals surface area contributed by atoms with Crippen LogP contribution in [0.15, 0.2) is 18.2 Å². The molecule has 0 bridgehead atoms. The molecular weight excluding hydrogens is 155 g/mol. The third-order valence-corrected chi connectivity index (χ3v) is 1.37. The van der Waals surface area contributed by atoms with Crippen LogP contribution in [0.2, 0.25) is 0 Å². The highest BCUT2D eigenvalue weighted by Crippen LogP contribution is 2.06. The van der Waals surface area contributed by atoms with Gasteiger partial charge >= 0.3 is 9.12 Å². The van der Waals surface area contributed by atoms with E-state index in [4.69, 9.17) is 4.57 Å². The Hall–Kier alpha value is -0.680. The quantitative estimate of drug-likeness (QED) is 0.546. The van der Waals surface area contributed by atoms with Crippen molar-refractivity contribution in [2.75, 3.05) is 0 Å². The Morgan fingerprint density at radius 2 is 1.00 bits per heavy atom. The van der Waals surface area contributed by atoms with Crippen LogP contribution >= 0.6 is 9.12 Å². The third-order valence-electron chi connectivity index (χ3n) is 1.37. The van der Waals surface area contributed by atoms with E-state index in [2.05, 4.69) is 39.0 Å². The van der Waals surface area contributed by atoms with Crippen LogP contribution in [0.25, 0.3) is 0 Å². The second-order valence-electron chi connectivity index (χ2n) is 2.67. The summed E-state index contributed by atoms with van der Waals surface area (Å²) in [5, 5.41) is 0. The van der Waals surface area contributed by atoms with Gasteiger partial charge in [0, 0.05) is 0 Å². The zero-order valence-corrected chi connectivity index (χ0v) is 8.37. The van der Waals surface area contributed by atoms with Gasteiger partial charge in [0.2, 0.25) is 0 Å². The molecule has 1 rings (SSSR count). The molecule has 1 nitrogen and oxygen atoms in total. The van der Waals surface area contributed by atoms with Crippen molar-refractivity contribution >= 4 is 9.12 Å². The largest absolute Gasteiger partial charge is 0.310 e. The standard InChI is InChI=1S/C9H12.H2OP/c1-7-4-8(2)6-9(3)5-7;1-2/h4-6H,1-3H3;2H2/q;+1. The highest BCUT2D eigenvalue weighted by atomic mass is 31.0. The summed E-state index contributed by atoms with van der Waals surface area (Å²) in [6.45, 7) is 6.38. The van der Waals surface area contributed by atoms with Gasteiger partial charge in [-0.05, 0) is 20.8 Å².